The fraction of sp³-hybridized carbons (Fsp3) is 0.0714. The molecule has 0 saturated heterocycles. The minimum atomic E-state index is -1.04. The molecule has 0 aromatic heterocycles. The molecule has 0 unspecified atom stereocenters. The third-order valence-electron chi connectivity index (χ3n) is 2.69. The summed E-state index contributed by atoms with van der Waals surface area (Å²) in [6, 6.07) is 7.93. The van der Waals surface area contributed by atoms with E-state index in [4.69, 9.17) is 5.11 Å². The van der Waals surface area contributed by atoms with Crippen LogP contribution in [0.1, 0.15) is 15.9 Å². The number of aryl methyl sites for hydroxylation is 1. The van der Waals surface area contributed by atoms with E-state index in [2.05, 4.69) is 5.32 Å². The van der Waals surface area contributed by atoms with Crippen molar-refractivity contribution in [2.45, 2.75) is 6.92 Å². The quantitative estimate of drug-likeness (QED) is 0.887. The van der Waals surface area contributed by atoms with E-state index in [-0.39, 0.29) is 11.3 Å². The number of carbonyl (C=O) groups is 1. The fourth-order valence-electron chi connectivity index (χ4n) is 1.74. The fourth-order valence-corrected chi connectivity index (χ4v) is 1.74. The normalized spacial score (nSPS) is 10.3. The van der Waals surface area contributed by atoms with Gasteiger partial charge in [0.2, 0.25) is 0 Å². The lowest BCUT2D eigenvalue weighted by Gasteiger charge is -2.10. The molecule has 0 spiro atoms. The third kappa shape index (κ3) is 2.70. The van der Waals surface area contributed by atoms with Crippen molar-refractivity contribution in [2.75, 3.05) is 5.32 Å². The minimum Gasteiger partial charge on any atom is -0.478 e. The number of halogens is 2. The molecule has 2 aromatic rings. The zero-order valence-electron chi connectivity index (χ0n) is 10.1. The highest BCUT2D eigenvalue weighted by molar-refractivity contribution is 5.90. The van der Waals surface area contributed by atoms with Crippen LogP contribution in [0.5, 0.6) is 0 Å². The summed E-state index contributed by atoms with van der Waals surface area (Å²) in [4.78, 5) is 10.9. The smallest absolute Gasteiger partial charge is 0.335 e. The molecule has 0 fully saturated rings. The third-order valence-corrected chi connectivity index (χ3v) is 2.69. The zero-order chi connectivity index (χ0) is 14.0. The lowest BCUT2D eigenvalue weighted by atomic mass is 10.1. The van der Waals surface area contributed by atoms with Crippen LogP contribution in [-0.4, -0.2) is 11.1 Å². The van der Waals surface area contributed by atoms with Gasteiger partial charge in [-0.25, -0.2) is 13.6 Å². The average molecular weight is 263 g/mol. The van der Waals surface area contributed by atoms with E-state index in [0.717, 1.165) is 12.1 Å². The standard InChI is InChI=1S/C14H11F2NO2/c1-8-7-9(5-6-10(8)14(18)19)17-13-11(15)3-2-4-12(13)16/h2-7,17H,1H3,(H,18,19). The number of aromatic carboxylic acids is 1. The monoisotopic (exact) mass is 263 g/mol. The van der Waals surface area contributed by atoms with Crippen LogP contribution in [0.15, 0.2) is 36.4 Å². The Labute approximate surface area is 108 Å². The van der Waals surface area contributed by atoms with Gasteiger partial charge in [-0.2, -0.15) is 0 Å². The highest BCUT2D eigenvalue weighted by atomic mass is 19.1. The first kappa shape index (κ1) is 13.0. The number of hydrogen-bond donors (Lipinski definition) is 2. The number of anilines is 2. The van der Waals surface area contributed by atoms with Gasteiger partial charge in [0, 0.05) is 5.69 Å². The highest BCUT2D eigenvalue weighted by Gasteiger charge is 2.11. The van der Waals surface area contributed by atoms with Crippen LogP contribution in [0.3, 0.4) is 0 Å². The summed E-state index contributed by atoms with van der Waals surface area (Å²) in [6.45, 7) is 1.62. The molecule has 0 saturated carbocycles. The van der Waals surface area contributed by atoms with Gasteiger partial charge in [-0.1, -0.05) is 6.07 Å². The predicted octanol–water partition coefficient (Wildman–Crippen LogP) is 3.72. The molecule has 2 rings (SSSR count). The topological polar surface area (TPSA) is 49.3 Å². The van der Waals surface area contributed by atoms with Gasteiger partial charge in [-0.3, -0.25) is 0 Å². The van der Waals surface area contributed by atoms with Gasteiger partial charge in [-0.05, 0) is 42.8 Å². The number of carboxylic acids is 1. The summed E-state index contributed by atoms with van der Waals surface area (Å²) in [6.07, 6.45) is 0. The van der Waals surface area contributed by atoms with E-state index < -0.39 is 17.6 Å². The maximum atomic E-state index is 13.4. The maximum Gasteiger partial charge on any atom is 0.335 e. The summed E-state index contributed by atoms with van der Waals surface area (Å²) in [5.41, 5.74) is 0.824. The van der Waals surface area contributed by atoms with Crippen molar-refractivity contribution in [1.29, 1.82) is 0 Å². The van der Waals surface area contributed by atoms with Crippen LogP contribution in [-0.2, 0) is 0 Å². The number of rotatable bonds is 3. The first-order chi connectivity index (χ1) is 8.99. The Morgan fingerprint density at radius 2 is 1.79 bits per heavy atom. The lowest BCUT2D eigenvalue weighted by molar-refractivity contribution is 0.0696. The van der Waals surface area contributed by atoms with Crippen LogP contribution >= 0.6 is 0 Å². The molecule has 5 heteroatoms. The Bertz CT molecular complexity index is 621. The van der Waals surface area contributed by atoms with Gasteiger partial charge >= 0.3 is 5.97 Å². The first-order valence-electron chi connectivity index (χ1n) is 5.54. The Hall–Kier alpha value is -2.43. The van der Waals surface area contributed by atoms with E-state index in [1.54, 1.807) is 6.92 Å². The Kier molecular flexibility index (Phi) is 3.46. The van der Waals surface area contributed by atoms with Crippen molar-refractivity contribution < 1.29 is 18.7 Å². The molecule has 0 aliphatic rings. The van der Waals surface area contributed by atoms with E-state index in [0.29, 0.717) is 11.3 Å². The number of nitrogens with one attached hydrogen (secondary N) is 1. The van der Waals surface area contributed by atoms with Gasteiger partial charge < -0.3 is 10.4 Å². The zero-order valence-corrected chi connectivity index (χ0v) is 10.1. The van der Waals surface area contributed by atoms with E-state index >= 15 is 0 Å². The molecule has 0 radical (unpaired) electrons. The molecule has 3 nitrogen and oxygen atoms in total. The molecule has 0 aliphatic heterocycles. The van der Waals surface area contributed by atoms with Crippen LogP contribution in [0.4, 0.5) is 20.2 Å². The van der Waals surface area contributed by atoms with E-state index in [1.807, 2.05) is 0 Å². The Balaban J connectivity index is 2.34. The molecule has 2 aromatic carbocycles. The van der Waals surface area contributed by atoms with Crippen LogP contribution in [0, 0.1) is 18.6 Å². The summed E-state index contributed by atoms with van der Waals surface area (Å²) < 4.78 is 26.9. The number of carboxylic acid groups (broad SMARTS) is 1. The van der Waals surface area contributed by atoms with Crippen molar-refractivity contribution in [3.05, 3.63) is 59.2 Å². The molecule has 2 N–H and O–H groups in total. The lowest BCUT2D eigenvalue weighted by Crippen LogP contribution is -2.02. The summed E-state index contributed by atoms with van der Waals surface area (Å²) in [7, 11) is 0. The van der Waals surface area contributed by atoms with Crippen molar-refractivity contribution >= 4 is 17.3 Å². The average Bonchev–Trinajstić information content (AvgIpc) is 2.33. The van der Waals surface area contributed by atoms with E-state index in [1.165, 1.54) is 24.3 Å². The van der Waals surface area contributed by atoms with E-state index in [9.17, 15) is 13.6 Å². The molecular weight excluding hydrogens is 252 g/mol. The molecule has 98 valence electrons. The van der Waals surface area contributed by atoms with Crippen LogP contribution in [0.2, 0.25) is 0 Å². The SMILES string of the molecule is Cc1cc(Nc2c(F)cccc2F)ccc1C(=O)O. The van der Waals surface area contributed by atoms with Gasteiger partial charge in [-0.15, -0.1) is 0 Å². The summed E-state index contributed by atoms with van der Waals surface area (Å²) in [5.74, 6) is -2.46. The number of hydrogen-bond acceptors (Lipinski definition) is 2. The first-order valence-corrected chi connectivity index (χ1v) is 5.54. The van der Waals surface area contributed by atoms with Crippen molar-refractivity contribution in [3.8, 4) is 0 Å². The van der Waals surface area contributed by atoms with Crippen LogP contribution in [0.25, 0.3) is 0 Å². The molecule has 0 atom stereocenters. The maximum absolute atomic E-state index is 13.4. The predicted molar refractivity (Wildman–Crippen MR) is 67.8 cm³/mol. The second-order valence-corrected chi connectivity index (χ2v) is 4.06. The molecule has 0 bridgehead atoms. The molecule has 0 amide bonds. The molecule has 0 aliphatic carbocycles. The van der Waals surface area contributed by atoms with Gasteiger partial charge in [0.05, 0.1) is 5.56 Å². The molecule has 0 heterocycles. The second-order valence-electron chi connectivity index (χ2n) is 4.06. The van der Waals surface area contributed by atoms with Crippen molar-refractivity contribution in [2.24, 2.45) is 0 Å². The van der Waals surface area contributed by atoms with Gasteiger partial charge in [0.15, 0.2) is 0 Å². The van der Waals surface area contributed by atoms with Gasteiger partial charge in [0.1, 0.15) is 17.3 Å². The second kappa shape index (κ2) is 5.06. The largest absolute Gasteiger partial charge is 0.478 e. The Morgan fingerprint density at radius 3 is 2.32 bits per heavy atom. The molecular formula is C14H11F2NO2. The minimum absolute atomic E-state index is 0.152. The Morgan fingerprint density at radius 1 is 1.16 bits per heavy atom. The van der Waals surface area contributed by atoms with Gasteiger partial charge in [0.25, 0.3) is 0 Å². The summed E-state index contributed by atoms with van der Waals surface area (Å²) >= 11 is 0. The van der Waals surface area contributed by atoms with Crippen molar-refractivity contribution in [1.82, 2.24) is 0 Å². The molecule has 19 heavy (non-hydrogen) atoms. The number of benzene rings is 2. The highest BCUT2D eigenvalue weighted by Crippen LogP contribution is 2.24. The van der Waals surface area contributed by atoms with Crippen molar-refractivity contribution in [3.63, 3.8) is 0 Å². The number of para-hydroxylation sites is 1. The summed E-state index contributed by atoms with van der Waals surface area (Å²) in [5, 5.41) is 11.5. The van der Waals surface area contributed by atoms with Crippen LogP contribution < -0.4 is 5.32 Å².